The van der Waals surface area contributed by atoms with Crippen LogP contribution in [-0.2, 0) is 16.1 Å². The van der Waals surface area contributed by atoms with Crippen molar-refractivity contribution in [1.29, 1.82) is 0 Å². The Morgan fingerprint density at radius 1 is 1.30 bits per heavy atom. The molecule has 0 atom stereocenters. The number of nitrogens with one attached hydrogen (secondary N) is 1. The van der Waals surface area contributed by atoms with Crippen molar-refractivity contribution in [2.75, 3.05) is 20.1 Å². The smallest absolute Gasteiger partial charge is 0.242 e. The number of amides is 2. The zero-order valence-corrected chi connectivity index (χ0v) is 13.6. The highest BCUT2D eigenvalue weighted by molar-refractivity contribution is 5.85. The molecule has 0 bridgehead atoms. The van der Waals surface area contributed by atoms with E-state index in [-0.39, 0.29) is 37.3 Å². The second kappa shape index (κ2) is 8.92. The van der Waals surface area contributed by atoms with Crippen LogP contribution in [0.15, 0.2) is 42.7 Å². The maximum absolute atomic E-state index is 11.9. The van der Waals surface area contributed by atoms with E-state index >= 15 is 0 Å². The molecule has 1 aromatic carbocycles. The summed E-state index contributed by atoms with van der Waals surface area (Å²) in [6.07, 6.45) is 3.59. The second-order valence-electron chi connectivity index (χ2n) is 4.86. The summed E-state index contributed by atoms with van der Waals surface area (Å²) in [5, 5.41) is 6.73. The predicted octanol–water partition coefficient (Wildman–Crippen LogP) is 0.327. The van der Waals surface area contributed by atoms with Crippen molar-refractivity contribution in [3.63, 3.8) is 0 Å². The summed E-state index contributed by atoms with van der Waals surface area (Å²) in [6, 6.07) is 9.72. The summed E-state index contributed by atoms with van der Waals surface area (Å²) in [5.41, 5.74) is 7.03. The van der Waals surface area contributed by atoms with Crippen LogP contribution in [0.3, 0.4) is 0 Å². The van der Waals surface area contributed by atoms with E-state index in [9.17, 15) is 9.59 Å². The summed E-state index contributed by atoms with van der Waals surface area (Å²) >= 11 is 0. The number of hydrogen-bond donors (Lipinski definition) is 2. The number of carbonyl (C=O) groups excluding carboxylic acids is 2. The first kappa shape index (κ1) is 18.7. The highest BCUT2D eigenvalue weighted by Crippen LogP contribution is 2.09. The summed E-state index contributed by atoms with van der Waals surface area (Å²) in [4.78, 5) is 24.5. The number of halogens is 1. The molecule has 3 N–H and O–H groups in total. The number of likely N-dealkylation sites (N-methyl/N-ethyl adjacent to an activating group) is 1. The minimum Gasteiger partial charge on any atom is -0.346 e. The predicted molar refractivity (Wildman–Crippen MR) is 89.4 cm³/mol. The van der Waals surface area contributed by atoms with Gasteiger partial charge in [0.15, 0.2) is 0 Å². The third-order valence-electron chi connectivity index (χ3n) is 3.12. The van der Waals surface area contributed by atoms with Crippen LogP contribution in [0.2, 0.25) is 0 Å². The van der Waals surface area contributed by atoms with Crippen molar-refractivity contribution in [3.8, 4) is 5.69 Å². The van der Waals surface area contributed by atoms with Crippen LogP contribution in [0.1, 0.15) is 5.56 Å². The fraction of sp³-hybridized carbons (Fsp3) is 0.267. The lowest BCUT2D eigenvalue weighted by molar-refractivity contribution is -0.131. The van der Waals surface area contributed by atoms with Crippen LogP contribution >= 0.6 is 12.4 Å². The van der Waals surface area contributed by atoms with Gasteiger partial charge >= 0.3 is 0 Å². The first-order chi connectivity index (χ1) is 10.6. The third kappa shape index (κ3) is 5.39. The molecule has 0 aliphatic carbocycles. The Morgan fingerprint density at radius 2 is 2.00 bits per heavy atom. The van der Waals surface area contributed by atoms with Crippen molar-refractivity contribution in [1.82, 2.24) is 20.0 Å². The first-order valence-corrected chi connectivity index (χ1v) is 6.90. The van der Waals surface area contributed by atoms with Crippen molar-refractivity contribution >= 4 is 24.2 Å². The number of hydrogen-bond acceptors (Lipinski definition) is 4. The van der Waals surface area contributed by atoms with E-state index in [2.05, 4.69) is 10.4 Å². The lowest BCUT2D eigenvalue weighted by Gasteiger charge is -2.16. The molecule has 8 heteroatoms. The highest BCUT2D eigenvalue weighted by atomic mass is 35.5. The van der Waals surface area contributed by atoms with Gasteiger partial charge < -0.3 is 16.0 Å². The molecular formula is C15H20ClN5O2. The molecule has 0 fully saturated rings. The summed E-state index contributed by atoms with van der Waals surface area (Å²) in [5.74, 6) is -0.534. The minimum absolute atomic E-state index is 0. The lowest BCUT2D eigenvalue weighted by atomic mass is 10.3. The SMILES string of the molecule is CN(Cc1cnn(-c2ccccc2)c1)C(=O)CNC(=O)CN.Cl. The molecule has 0 aliphatic rings. The molecule has 1 aromatic heterocycles. The van der Waals surface area contributed by atoms with Crippen molar-refractivity contribution in [3.05, 3.63) is 48.3 Å². The Labute approximate surface area is 140 Å². The molecule has 0 saturated heterocycles. The normalized spacial score (nSPS) is 9.83. The molecule has 0 radical (unpaired) electrons. The third-order valence-corrected chi connectivity index (χ3v) is 3.12. The molecule has 23 heavy (non-hydrogen) atoms. The number of nitrogens with two attached hydrogens (primary N) is 1. The van der Waals surface area contributed by atoms with Gasteiger partial charge in [0.2, 0.25) is 11.8 Å². The Balaban J connectivity index is 0.00000264. The van der Waals surface area contributed by atoms with E-state index in [0.717, 1.165) is 11.3 Å². The van der Waals surface area contributed by atoms with E-state index in [4.69, 9.17) is 5.73 Å². The van der Waals surface area contributed by atoms with E-state index in [1.807, 2.05) is 36.5 Å². The number of aromatic nitrogens is 2. The number of rotatable bonds is 6. The molecule has 2 rings (SSSR count). The molecule has 7 nitrogen and oxygen atoms in total. The Bertz CT molecular complexity index is 644. The average molecular weight is 338 g/mol. The Morgan fingerprint density at radius 3 is 2.65 bits per heavy atom. The van der Waals surface area contributed by atoms with E-state index in [0.29, 0.717) is 6.54 Å². The molecule has 0 saturated carbocycles. The molecule has 124 valence electrons. The van der Waals surface area contributed by atoms with Gasteiger partial charge in [0.05, 0.1) is 25.0 Å². The Hall–Kier alpha value is -2.38. The summed E-state index contributed by atoms with van der Waals surface area (Å²) in [7, 11) is 1.68. The van der Waals surface area contributed by atoms with Crippen molar-refractivity contribution in [2.24, 2.45) is 5.73 Å². The van der Waals surface area contributed by atoms with Crippen molar-refractivity contribution in [2.45, 2.75) is 6.54 Å². The molecule has 0 unspecified atom stereocenters. The van der Waals surface area contributed by atoms with Gasteiger partial charge in [-0.15, -0.1) is 12.4 Å². The van der Waals surface area contributed by atoms with E-state index < -0.39 is 0 Å². The maximum atomic E-state index is 11.9. The van der Waals surface area contributed by atoms with E-state index in [1.165, 1.54) is 4.90 Å². The minimum atomic E-state index is -0.348. The van der Waals surface area contributed by atoms with Gasteiger partial charge in [0, 0.05) is 25.4 Å². The zero-order valence-electron chi connectivity index (χ0n) is 12.8. The molecule has 2 amide bonds. The fourth-order valence-electron chi connectivity index (χ4n) is 1.91. The van der Waals surface area contributed by atoms with Gasteiger partial charge in [0.25, 0.3) is 0 Å². The fourth-order valence-corrected chi connectivity index (χ4v) is 1.91. The number of carbonyl (C=O) groups is 2. The quantitative estimate of drug-likeness (QED) is 0.794. The number of para-hydroxylation sites is 1. The van der Waals surface area contributed by atoms with Gasteiger partial charge in [-0.2, -0.15) is 5.10 Å². The van der Waals surface area contributed by atoms with Crippen LogP contribution in [0.25, 0.3) is 5.69 Å². The number of nitrogens with zero attached hydrogens (tertiary/aromatic N) is 3. The highest BCUT2D eigenvalue weighted by Gasteiger charge is 2.11. The van der Waals surface area contributed by atoms with Crippen LogP contribution in [0.4, 0.5) is 0 Å². The van der Waals surface area contributed by atoms with Crippen LogP contribution in [-0.4, -0.2) is 46.6 Å². The van der Waals surface area contributed by atoms with Gasteiger partial charge in [0.1, 0.15) is 0 Å². The standard InChI is InChI=1S/C15H19N5O2.ClH/c1-19(15(22)9-17-14(21)7-16)10-12-8-18-20(11-12)13-5-3-2-4-6-13;/h2-6,8,11H,7,9-10,16H2,1H3,(H,17,21);1H. The summed E-state index contributed by atoms with van der Waals surface area (Å²) < 4.78 is 1.75. The topological polar surface area (TPSA) is 93.2 Å². The van der Waals surface area contributed by atoms with Crippen molar-refractivity contribution < 1.29 is 9.59 Å². The molecule has 1 heterocycles. The molecule has 2 aromatic rings. The zero-order chi connectivity index (χ0) is 15.9. The van der Waals surface area contributed by atoms with Gasteiger partial charge in [-0.05, 0) is 12.1 Å². The monoisotopic (exact) mass is 337 g/mol. The van der Waals surface area contributed by atoms with Gasteiger partial charge in [-0.3, -0.25) is 9.59 Å². The summed E-state index contributed by atoms with van der Waals surface area (Å²) in [6.45, 7) is 0.240. The Kier molecular flexibility index (Phi) is 7.24. The molecule has 0 spiro atoms. The van der Waals surface area contributed by atoms with Gasteiger partial charge in [-0.1, -0.05) is 18.2 Å². The molecule has 0 aliphatic heterocycles. The van der Waals surface area contributed by atoms with Gasteiger partial charge in [-0.25, -0.2) is 4.68 Å². The lowest BCUT2D eigenvalue weighted by Crippen LogP contribution is -2.40. The van der Waals surface area contributed by atoms with Crippen LogP contribution < -0.4 is 11.1 Å². The van der Waals surface area contributed by atoms with Crippen LogP contribution in [0, 0.1) is 0 Å². The van der Waals surface area contributed by atoms with Crippen LogP contribution in [0.5, 0.6) is 0 Å². The van der Waals surface area contributed by atoms with E-state index in [1.54, 1.807) is 17.9 Å². The molecular weight excluding hydrogens is 318 g/mol. The number of benzene rings is 1. The largest absolute Gasteiger partial charge is 0.346 e. The first-order valence-electron chi connectivity index (χ1n) is 6.90. The second-order valence-corrected chi connectivity index (χ2v) is 4.86. The maximum Gasteiger partial charge on any atom is 0.242 e. The average Bonchev–Trinajstić information content (AvgIpc) is 3.01.